The van der Waals surface area contributed by atoms with Gasteiger partial charge in [0.25, 0.3) is 11.8 Å². The molecule has 1 amide bonds. The highest BCUT2D eigenvalue weighted by atomic mass is 35.5. The lowest BCUT2D eigenvalue weighted by molar-refractivity contribution is 0.0788. The fourth-order valence-electron chi connectivity index (χ4n) is 3.50. The van der Waals surface area contributed by atoms with Gasteiger partial charge in [-0.15, -0.1) is 12.4 Å². The van der Waals surface area contributed by atoms with Gasteiger partial charge in [-0.3, -0.25) is 4.79 Å². The average molecular weight is 352 g/mol. The van der Waals surface area contributed by atoms with Gasteiger partial charge in [-0.05, 0) is 31.7 Å². The van der Waals surface area contributed by atoms with E-state index in [4.69, 9.17) is 10.3 Å². The number of rotatable bonds is 3. The lowest BCUT2D eigenvalue weighted by Gasteiger charge is -2.17. The van der Waals surface area contributed by atoms with E-state index in [0.29, 0.717) is 17.4 Å². The van der Waals surface area contributed by atoms with Crippen molar-refractivity contribution in [3.05, 3.63) is 23.8 Å². The lowest BCUT2D eigenvalue weighted by atomic mass is 9.99. The molecule has 3 N–H and O–H groups in total. The Morgan fingerprint density at radius 1 is 1.25 bits per heavy atom. The number of aromatic nitrogens is 3. The van der Waals surface area contributed by atoms with Gasteiger partial charge in [0.2, 0.25) is 0 Å². The van der Waals surface area contributed by atoms with Crippen LogP contribution in [0.2, 0.25) is 0 Å². The largest absolute Gasteiger partial charge is 0.356 e. The zero-order valence-corrected chi connectivity index (χ0v) is 14.3. The second-order valence-electron chi connectivity index (χ2n) is 6.59. The van der Waals surface area contributed by atoms with E-state index in [2.05, 4.69) is 15.1 Å². The number of H-pyrrole nitrogens is 1. The fraction of sp³-hybridized carbons (Fsp3) is 0.562. The Morgan fingerprint density at radius 3 is 2.67 bits per heavy atom. The van der Waals surface area contributed by atoms with Gasteiger partial charge in [0.05, 0.1) is 11.1 Å². The van der Waals surface area contributed by atoms with E-state index in [1.54, 1.807) is 12.3 Å². The maximum Gasteiger partial charge on any atom is 0.270 e. The third kappa shape index (κ3) is 2.93. The summed E-state index contributed by atoms with van der Waals surface area (Å²) in [4.78, 5) is 21.7. The first-order valence-electron chi connectivity index (χ1n) is 8.27. The van der Waals surface area contributed by atoms with E-state index in [-0.39, 0.29) is 18.3 Å². The number of carbonyl (C=O) groups is 1. The van der Waals surface area contributed by atoms with Crippen LogP contribution < -0.4 is 5.73 Å². The number of nitrogens with one attached hydrogen (secondary N) is 1. The number of hydrogen-bond acceptors (Lipinski definition) is 5. The van der Waals surface area contributed by atoms with Gasteiger partial charge >= 0.3 is 0 Å². The van der Waals surface area contributed by atoms with E-state index in [0.717, 1.165) is 57.2 Å². The number of nitrogens with two attached hydrogens (primary N) is 1. The van der Waals surface area contributed by atoms with Crippen LogP contribution >= 0.6 is 12.4 Å². The van der Waals surface area contributed by atoms with Crippen LogP contribution in [0.5, 0.6) is 0 Å². The van der Waals surface area contributed by atoms with Crippen molar-refractivity contribution in [1.82, 2.24) is 20.0 Å². The monoisotopic (exact) mass is 351 g/mol. The molecule has 1 aliphatic carbocycles. The fourth-order valence-corrected chi connectivity index (χ4v) is 3.50. The molecule has 130 valence electrons. The van der Waals surface area contributed by atoms with Gasteiger partial charge in [-0.2, -0.15) is 4.98 Å². The molecule has 2 aliphatic rings. The highest BCUT2D eigenvalue weighted by Gasteiger charge is 2.36. The summed E-state index contributed by atoms with van der Waals surface area (Å²) in [6.07, 6.45) is 7.85. The number of hydrogen-bond donors (Lipinski definition) is 2. The predicted molar refractivity (Wildman–Crippen MR) is 90.8 cm³/mol. The molecule has 2 aromatic rings. The van der Waals surface area contributed by atoms with E-state index < -0.39 is 5.54 Å². The summed E-state index contributed by atoms with van der Waals surface area (Å²) in [5, 5.41) is 4.06. The molecule has 0 atom stereocenters. The zero-order chi connectivity index (χ0) is 15.9. The second-order valence-corrected chi connectivity index (χ2v) is 6.59. The van der Waals surface area contributed by atoms with Crippen molar-refractivity contribution in [3.8, 4) is 11.5 Å². The highest BCUT2D eigenvalue weighted by Crippen LogP contribution is 2.35. The highest BCUT2D eigenvalue weighted by molar-refractivity contribution is 5.93. The summed E-state index contributed by atoms with van der Waals surface area (Å²) in [6, 6.07) is 1.77. The van der Waals surface area contributed by atoms with E-state index in [9.17, 15) is 4.79 Å². The molecule has 0 bridgehead atoms. The third-order valence-corrected chi connectivity index (χ3v) is 4.92. The Bertz CT molecular complexity index is 714. The van der Waals surface area contributed by atoms with Crippen LogP contribution in [0.4, 0.5) is 0 Å². The molecule has 4 rings (SSSR count). The molecular formula is C16H22ClN5O2. The average Bonchev–Trinajstić information content (AvgIpc) is 3.30. The van der Waals surface area contributed by atoms with Gasteiger partial charge in [-0.1, -0.05) is 18.0 Å². The van der Waals surface area contributed by atoms with Crippen LogP contribution in [0.1, 0.15) is 54.8 Å². The van der Waals surface area contributed by atoms with Crippen LogP contribution in [0.15, 0.2) is 16.8 Å². The van der Waals surface area contributed by atoms with Gasteiger partial charge in [0.1, 0.15) is 5.69 Å². The normalized spacial score (nSPS) is 19.5. The van der Waals surface area contributed by atoms with Crippen molar-refractivity contribution in [2.75, 3.05) is 13.1 Å². The maximum atomic E-state index is 12.4. The Hall–Kier alpha value is -1.86. The molecule has 0 radical (unpaired) electrons. The molecule has 8 heteroatoms. The number of nitrogens with zero attached hydrogens (tertiary/aromatic N) is 3. The molecule has 1 saturated carbocycles. The maximum absolute atomic E-state index is 12.4. The van der Waals surface area contributed by atoms with Gasteiger partial charge in [0.15, 0.2) is 5.82 Å². The van der Waals surface area contributed by atoms with Crippen molar-refractivity contribution < 1.29 is 9.32 Å². The summed E-state index contributed by atoms with van der Waals surface area (Å²) in [5.74, 6) is 1.01. The summed E-state index contributed by atoms with van der Waals surface area (Å²) in [7, 11) is 0. The van der Waals surface area contributed by atoms with Crippen molar-refractivity contribution in [1.29, 1.82) is 0 Å². The molecule has 24 heavy (non-hydrogen) atoms. The van der Waals surface area contributed by atoms with E-state index in [1.807, 2.05) is 4.90 Å². The lowest BCUT2D eigenvalue weighted by Crippen LogP contribution is -2.34. The number of likely N-dealkylation sites (tertiary alicyclic amines) is 1. The Balaban J connectivity index is 0.00000169. The first-order valence-corrected chi connectivity index (χ1v) is 8.27. The minimum Gasteiger partial charge on any atom is -0.356 e. The molecule has 0 unspecified atom stereocenters. The predicted octanol–water partition coefficient (Wildman–Crippen LogP) is 2.45. The van der Waals surface area contributed by atoms with Crippen molar-refractivity contribution >= 4 is 18.3 Å². The number of carbonyl (C=O) groups excluding carboxylic acids is 1. The molecule has 2 aromatic heterocycles. The molecule has 3 heterocycles. The number of aromatic amines is 1. The van der Waals surface area contributed by atoms with Crippen molar-refractivity contribution in [2.45, 2.75) is 44.1 Å². The topological polar surface area (TPSA) is 101 Å². The minimum absolute atomic E-state index is 0. The second kappa shape index (κ2) is 6.57. The molecule has 0 aromatic carbocycles. The first kappa shape index (κ1) is 17.0. The quantitative estimate of drug-likeness (QED) is 0.884. The standard InChI is InChI=1S/C16H21N5O2.ClH/c17-16(5-1-2-6-16)15-19-13(23-20-15)11-9-12(18-10-11)14(22)21-7-3-4-8-21;/h9-10,18H,1-8,17H2;1H. The molecule has 7 nitrogen and oxygen atoms in total. The van der Waals surface area contributed by atoms with Crippen molar-refractivity contribution in [3.63, 3.8) is 0 Å². The third-order valence-electron chi connectivity index (χ3n) is 4.92. The Morgan fingerprint density at radius 2 is 1.96 bits per heavy atom. The van der Waals surface area contributed by atoms with Gasteiger partial charge in [0, 0.05) is 19.3 Å². The molecule has 1 aliphatic heterocycles. The smallest absolute Gasteiger partial charge is 0.270 e. The number of amides is 1. The Labute approximate surface area is 146 Å². The van der Waals surface area contributed by atoms with Crippen LogP contribution in [-0.4, -0.2) is 39.0 Å². The van der Waals surface area contributed by atoms with Crippen LogP contribution in [0, 0.1) is 0 Å². The van der Waals surface area contributed by atoms with Crippen LogP contribution in [0.3, 0.4) is 0 Å². The van der Waals surface area contributed by atoms with Crippen LogP contribution in [0.25, 0.3) is 11.5 Å². The zero-order valence-electron chi connectivity index (χ0n) is 13.5. The minimum atomic E-state index is -0.466. The summed E-state index contributed by atoms with van der Waals surface area (Å²) < 4.78 is 5.36. The van der Waals surface area contributed by atoms with Gasteiger partial charge < -0.3 is 20.1 Å². The summed E-state index contributed by atoms with van der Waals surface area (Å²) >= 11 is 0. The Kier molecular flexibility index (Phi) is 4.64. The summed E-state index contributed by atoms with van der Waals surface area (Å²) in [5.41, 5.74) is 7.18. The summed E-state index contributed by atoms with van der Waals surface area (Å²) in [6.45, 7) is 1.65. The van der Waals surface area contributed by atoms with E-state index in [1.165, 1.54) is 0 Å². The number of halogens is 1. The molecular weight excluding hydrogens is 330 g/mol. The van der Waals surface area contributed by atoms with Gasteiger partial charge in [-0.25, -0.2) is 0 Å². The van der Waals surface area contributed by atoms with Crippen LogP contribution in [-0.2, 0) is 5.54 Å². The first-order chi connectivity index (χ1) is 11.2. The SMILES string of the molecule is Cl.NC1(c2noc(-c3c[nH]c(C(=O)N4CCCC4)c3)n2)CCCC1. The van der Waals surface area contributed by atoms with E-state index >= 15 is 0 Å². The molecule has 1 saturated heterocycles. The van der Waals surface area contributed by atoms with Crippen molar-refractivity contribution in [2.24, 2.45) is 5.73 Å². The molecule has 0 spiro atoms. The molecule has 2 fully saturated rings.